The third-order valence-corrected chi connectivity index (χ3v) is 5.38. The molecule has 0 saturated carbocycles. The van der Waals surface area contributed by atoms with Crippen LogP contribution in [0.4, 0.5) is 0 Å². The van der Waals surface area contributed by atoms with Crippen LogP contribution in [0.3, 0.4) is 0 Å². The van der Waals surface area contributed by atoms with Gasteiger partial charge in [0.25, 0.3) is 0 Å². The van der Waals surface area contributed by atoms with Gasteiger partial charge < -0.3 is 14.0 Å². The minimum atomic E-state index is -3.70. The highest BCUT2D eigenvalue weighted by Crippen LogP contribution is 2.33. The molecule has 0 N–H and O–H groups in total. The van der Waals surface area contributed by atoms with Gasteiger partial charge in [-0.2, -0.15) is 4.31 Å². The number of sulfonamides is 1. The van der Waals surface area contributed by atoms with Gasteiger partial charge in [0.15, 0.2) is 11.5 Å². The molecular weight excluding hydrogens is 320 g/mol. The molecule has 0 fully saturated rings. The van der Waals surface area contributed by atoms with Crippen LogP contribution in [0.2, 0.25) is 0 Å². The number of aryl methyl sites for hydroxylation is 2. The Kier molecular flexibility index (Phi) is 4.96. The van der Waals surface area contributed by atoms with Gasteiger partial charge in [-0.25, -0.2) is 8.42 Å². The average Bonchev–Trinajstić information content (AvgIpc) is 2.91. The Hall–Kier alpha value is -2.06. The van der Waals surface area contributed by atoms with Crippen LogP contribution < -0.4 is 9.47 Å². The molecule has 0 aliphatic rings. The number of aromatic nitrogens is 1. The van der Waals surface area contributed by atoms with E-state index in [1.807, 2.05) is 0 Å². The summed E-state index contributed by atoms with van der Waals surface area (Å²) in [6.07, 6.45) is 0. The second-order valence-electron chi connectivity index (χ2n) is 5.16. The largest absolute Gasteiger partial charge is 0.493 e. The fraction of sp³-hybridized carbons (Fsp3) is 0.400. The molecule has 0 radical (unpaired) electrons. The van der Waals surface area contributed by atoms with Crippen LogP contribution in [0.15, 0.2) is 27.6 Å². The van der Waals surface area contributed by atoms with Gasteiger partial charge in [-0.15, -0.1) is 0 Å². The predicted octanol–water partition coefficient (Wildman–Crippen LogP) is 2.13. The molecular formula is C15H20N2O5S. The van der Waals surface area contributed by atoms with Crippen molar-refractivity contribution in [3.8, 4) is 11.5 Å². The van der Waals surface area contributed by atoms with E-state index >= 15 is 0 Å². The highest BCUT2D eigenvalue weighted by Gasteiger charge is 2.25. The van der Waals surface area contributed by atoms with E-state index < -0.39 is 10.0 Å². The highest BCUT2D eigenvalue weighted by molar-refractivity contribution is 7.89. The van der Waals surface area contributed by atoms with Gasteiger partial charge in [0.2, 0.25) is 10.0 Å². The molecule has 0 bridgehead atoms. The summed E-state index contributed by atoms with van der Waals surface area (Å²) < 4.78 is 42.2. The predicted molar refractivity (Wildman–Crippen MR) is 84.2 cm³/mol. The zero-order valence-corrected chi connectivity index (χ0v) is 14.6. The van der Waals surface area contributed by atoms with Crippen molar-refractivity contribution in [3.63, 3.8) is 0 Å². The first-order valence-corrected chi connectivity index (χ1v) is 8.34. The normalized spacial score (nSPS) is 11.7. The molecule has 8 heteroatoms. The van der Waals surface area contributed by atoms with Crippen LogP contribution in [-0.2, 0) is 16.6 Å². The Morgan fingerprint density at radius 2 is 1.74 bits per heavy atom. The minimum absolute atomic E-state index is 0.119. The molecule has 23 heavy (non-hydrogen) atoms. The van der Waals surface area contributed by atoms with Crippen molar-refractivity contribution in [1.82, 2.24) is 9.46 Å². The summed E-state index contributed by atoms with van der Waals surface area (Å²) in [5.41, 5.74) is 1.12. The lowest BCUT2D eigenvalue weighted by Gasteiger charge is -2.19. The molecule has 0 unspecified atom stereocenters. The van der Waals surface area contributed by atoms with E-state index in [-0.39, 0.29) is 11.4 Å². The van der Waals surface area contributed by atoms with Crippen LogP contribution in [0.5, 0.6) is 11.5 Å². The summed E-state index contributed by atoms with van der Waals surface area (Å²) in [6, 6.07) is 4.81. The van der Waals surface area contributed by atoms with E-state index in [0.717, 1.165) is 0 Å². The van der Waals surface area contributed by atoms with Gasteiger partial charge in [-0.1, -0.05) is 5.16 Å². The monoisotopic (exact) mass is 340 g/mol. The molecule has 0 atom stereocenters. The number of nitrogens with zero attached hydrogens (tertiary/aromatic N) is 2. The maximum Gasteiger partial charge on any atom is 0.243 e. The summed E-state index contributed by atoms with van der Waals surface area (Å²) in [7, 11) is 0.764. The zero-order valence-electron chi connectivity index (χ0n) is 13.8. The zero-order chi connectivity index (χ0) is 17.2. The highest BCUT2D eigenvalue weighted by atomic mass is 32.2. The van der Waals surface area contributed by atoms with Crippen LogP contribution >= 0.6 is 0 Å². The molecule has 126 valence electrons. The molecule has 0 spiro atoms. The molecule has 0 aliphatic carbocycles. The van der Waals surface area contributed by atoms with Crippen molar-refractivity contribution in [3.05, 3.63) is 35.2 Å². The fourth-order valence-corrected chi connectivity index (χ4v) is 3.57. The first-order chi connectivity index (χ1) is 10.8. The number of rotatable bonds is 6. The van der Waals surface area contributed by atoms with E-state index in [2.05, 4.69) is 5.16 Å². The average molecular weight is 340 g/mol. The Morgan fingerprint density at radius 1 is 1.13 bits per heavy atom. The lowest BCUT2D eigenvalue weighted by molar-refractivity contribution is 0.353. The Bertz CT molecular complexity index is 798. The first kappa shape index (κ1) is 17.3. The standard InChI is InChI=1S/C15H20N2O5S/c1-10-6-13(20-4)14(21-5)8-15(10)23(18,19)17(3)9-12-7-11(2)22-16-12/h6-8H,9H2,1-5H3. The Labute approximate surface area is 135 Å². The van der Waals surface area contributed by atoms with Gasteiger partial charge in [-0.05, 0) is 25.5 Å². The van der Waals surface area contributed by atoms with Gasteiger partial charge in [0, 0.05) is 19.2 Å². The van der Waals surface area contributed by atoms with Crippen molar-refractivity contribution in [2.45, 2.75) is 25.3 Å². The van der Waals surface area contributed by atoms with E-state index in [0.29, 0.717) is 28.5 Å². The summed E-state index contributed by atoms with van der Waals surface area (Å²) in [6.45, 7) is 3.58. The Balaban J connectivity index is 2.38. The summed E-state index contributed by atoms with van der Waals surface area (Å²) >= 11 is 0. The molecule has 2 aromatic rings. The van der Waals surface area contributed by atoms with Gasteiger partial charge in [0.05, 0.1) is 31.4 Å². The summed E-state index contributed by atoms with van der Waals surface area (Å²) in [4.78, 5) is 0.165. The van der Waals surface area contributed by atoms with Gasteiger partial charge in [-0.3, -0.25) is 0 Å². The number of methoxy groups -OCH3 is 2. The molecule has 7 nitrogen and oxygen atoms in total. The van der Waals surface area contributed by atoms with Crippen molar-refractivity contribution < 1.29 is 22.4 Å². The van der Waals surface area contributed by atoms with E-state index in [4.69, 9.17) is 14.0 Å². The molecule has 0 aliphatic heterocycles. The third kappa shape index (κ3) is 3.48. The maximum atomic E-state index is 12.8. The second kappa shape index (κ2) is 6.59. The molecule has 1 heterocycles. The molecule has 1 aromatic carbocycles. The quantitative estimate of drug-likeness (QED) is 0.801. The van der Waals surface area contributed by atoms with Gasteiger partial charge >= 0.3 is 0 Å². The molecule has 1 aromatic heterocycles. The number of benzene rings is 1. The molecule has 2 rings (SSSR count). The van der Waals surface area contributed by atoms with Crippen molar-refractivity contribution in [1.29, 1.82) is 0 Å². The van der Waals surface area contributed by atoms with Crippen LogP contribution in [-0.4, -0.2) is 39.1 Å². The second-order valence-corrected chi connectivity index (χ2v) is 7.18. The van der Waals surface area contributed by atoms with E-state index in [1.54, 1.807) is 26.0 Å². The number of hydrogen-bond acceptors (Lipinski definition) is 6. The Morgan fingerprint density at radius 3 is 2.26 bits per heavy atom. The minimum Gasteiger partial charge on any atom is -0.493 e. The van der Waals surface area contributed by atoms with Crippen molar-refractivity contribution in [2.24, 2.45) is 0 Å². The van der Waals surface area contributed by atoms with Crippen molar-refractivity contribution in [2.75, 3.05) is 21.3 Å². The van der Waals surface area contributed by atoms with E-state index in [1.165, 1.54) is 31.6 Å². The summed E-state index contributed by atoms with van der Waals surface area (Å²) in [5.74, 6) is 1.48. The van der Waals surface area contributed by atoms with Crippen molar-refractivity contribution >= 4 is 10.0 Å². The molecule has 0 amide bonds. The first-order valence-electron chi connectivity index (χ1n) is 6.90. The van der Waals surface area contributed by atoms with E-state index in [9.17, 15) is 8.42 Å². The maximum absolute atomic E-state index is 12.8. The SMILES string of the molecule is COc1cc(C)c(S(=O)(=O)N(C)Cc2cc(C)on2)cc1OC. The number of ether oxygens (including phenoxy) is 2. The molecule has 0 saturated heterocycles. The van der Waals surface area contributed by atoms with Crippen LogP contribution in [0, 0.1) is 13.8 Å². The van der Waals surface area contributed by atoms with Gasteiger partial charge in [0.1, 0.15) is 5.76 Å². The van der Waals surface area contributed by atoms with Crippen LogP contribution in [0.25, 0.3) is 0 Å². The summed E-state index contributed by atoms with van der Waals surface area (Å²) in [5, 5.41) is 3.82. The number of hydrogen-bond donors (Lipinski definition) is 0. The fourth-order valence-electron chi connectivity index (χ4n) is 2.21. The smallest absolute Gasteiger partial charge is 0.243 e. The lowest BCUT2D eigenvalue weighted by atomic mass is 10.2. The third-order valence-electron chi connectivity index (χ3n) is 3.43. The topological polar surface area (TPSA) is 81.9 Å². The van der Waals surface area contributed by atoms with Crippen LogP contribution in [0.1, 0.15) is 17.0 Å². The lowest BCUT2D eigenvalue weighted by Crippen LogP contribution is -2.27.